The van der Waals surface area contributed by atoms with Crippen LogP contribution >= 0.6 is 39.8 Å². The third-order valence-electron chi connectivity index (χ3n) is 4.46. The molecule has 144 valence electrons. The average molecular weight is 649 g/mol. The molecule has 0 heterocycles. The summed E-state index contributed by atoms with van der Waals surface area (Å²) in [5.41, 5.74) is 0. The first kappa shape index (κ1) is 21.3. The molecule has 0 spiro atoms. The molecule has 4 aromatic rings. The molecule has 0 nitrogen and oxygen atoms in total. The zero-order valence-corrected chi connectivity index (χ0v) is 22.5. The van der Waals surface area contributed by atoms with Crippen LogP contribution in [0.2, 0.25) is 10.0 Å². The molecule has 0 radical (unpaired) electrons. The molecule has 0 N–H and O–H groups in total. The third kappa shape index (κ3) is 5.23. The van der Waals surface area contributed by atoms with Gasteiger partial charge < -0.3 is 0 Å². The summed E-state index contributed by atoms with van der Waals surface area (Å²) in [6.45, 7) is 0. The number of rotatable bonds is 6. The number of benzene rings is 4. The second kappa shape index (κ2) is 9.93. The molecule has 0 saturated carbocycles. The van der Waals surface area contributed by atoms with Gasteiger partial charge in [0.15, 0.2) is 0 Å². The Morgan fingerprint density at radius 3 is 1.14 bits per heavy atom. The molecule has 0 aromatic heterocycles. The minimum absolute atomic E-state index is 0.765. The van der Waals surface area contributed by atoms with E-state index < -0.39 is 18.2 Å². The van der Waals surface area contributed by atoms with Gasteiger partial charge in [0.2, 0.25) is 0 Å². The van der Waals surface area contributed by atoms with E-state index in [0.717, 1.165) is 10.0 Å². The number of hydrogen-bond donors (Lipinski definition) is 0. The van der Waals surface area contributed by atoms with E-state index in [9.17, 15) is 0 Å². The Morgan fingerprint density at radius 1 is 0.448 bits per heavy atom. The summed E-state index contributed by atoms with van der Waals surface area (Å²) >= 11 is 8.82. The van der Waals surface area contributed by atoms with Gasteiger partial charge in [-0.15, -0.1) is 0 Å². The van der Waals surface area contributed by atoms with Crippen LogP contribution in [0.4, 0.5) is 0 Å². The van der Waals surface area contributed by atoms with Crippen LogP contribution in [0.1, 0.15) is 0 Å². The maximum atomic E-state index is 6.15. The number of halogens is 2. The Bertz CT molecular complexity index is 965. The molecule has 0 aliphatic carbocycles. The van der Waals surface area contributed by atoms with E-state index in [1.165, 1.54) is 16.0 Å². The Hall–Kier alpha value is -0.918. The topological polar surface area (TPSA) is 0 Å². The van der Waals surface area contributed by atoms with E-state index in [1.54, 1.807) is 0 Å². The zero-order chi connectivity index (χ0) is 20.1. The van der Waals surface area contributed by atoms with Gasteiger partial charge in [-0.3, -0.25) is 0 Å². The Balaban J connectivity index is 1.88. The van der Waals surface area contributed by atoms with Gasteiger partial charge in [0, 0.05) is 0 Å². The van der Waals surface area contributed by atoms with Crippen LogP contribution < -0.4 is 6.25 Å². The average Bonchev–Trinajstić information content (AvgIpc) is 2.77. The molecule has 0 amide bonds. The van der Waals surface area contributed by atoms with Crippen molar-refractivity contribution >= 4 is 64.2 Å². The van der Waals surface area contributed by atoms with Gasteiger partial charge in [-0.1, -0.05) is 0 Å². The van der Waals surface area contributed by atoms with Crippen LogP contribution in [0.25, 0.3) is 0 Å². The zero-order valence-electron chi connectivity index (χ0n) is 15.5. The van der Waals surface area contributed by atoms with Crippen molar-refractivity contribution in [3.63, 3.8) is 0 Å². The second-order valence-electron chi connectivity index (χ2n) is 6.46. The molecular formula is C24H18Cl2PbS2. The third-order valence-corrected chi connectivity index (χ3v) is 39.9. The van der Waals surface area contributed by atoms with Crippen molar-refractivity contribution in [1.29, 1.82) is 0 Å². The van der Waals surface area contributed by atoms with E-state index >= 15 is 0 Å². The fraction of sp³-hybridized carbons (Fsp3) is 0. The molecular weight excluding hydrogens is 631 g/mol. The van der Waals surface area contributed by atoms with Crippen molar-refractivity contribution in [1.82, 2.24) is 0 Å². The molecule has 29 heavy (non-hydrogen) atoms. The summed E-state index contributed by atoms with van der Waals surface area (Å²) in [6.07, 6.45) is 0. The minimum atomic E-state index is -3.48. The van der Waals surface area contributed by atoms with Crippen molar-refractivity contribution in [2.45, 2.75) is 9.79 Å². The van der Waals surface area contributed by atoms with E-state index in [1.807, 2.05) is 40.9 Å². The van der Waals surface area contributed by atoms with E-state index in [4.69, 9.17) is 23.2 Å². The van der Waals surface area contributed by atoms with Crippen LogP contribution in [0.15, 0.2) is 119 Å². The van der Waals surface area contributed by atoms with E-state index in [-0.39, 0.29) is 0 Å². The standard InChI is InChI=1S/2C6H5ClS.2C6H5.Pb/c2*7-5-1-3-6(8)4-2-5;2*1-2-4-6-5-3-1;/h2*1-4,8H;2*1-5H;/q;;;;+2/p-2. The molecule has 0 aliphatic heterocycles. The summed E-state index contributed by atoms with van der Waals surface area (Å²) in [5.74, 6) is 0. The molecule has 0 aliphatic rings. The van der Waals surface area contributed by atoms with E-state index in [2.05, 4.69) is 84.9 Å². The van der Waals surface area contributed by atoms with Crippen LogP contribution in [0.5, 0.6) is 0 Å². The fourth-order valence-electron chi connectivity index (χ4n) is 3.08. The van der Waals surface area contributed by atoms with Gasteiger partial charge in [-0.25, -0.2) is 0 Å². The normalized spacial score (nSPS) is 11.4. The van der Waals surface area contributed by atoms with Gasteiger partial charge in [0.25, 0.3) is 0 Å². The molecule has 4 rings (SSSR count). The maximum absolute atomic E-state index is 6.15. The van der Waals surface area contributed by atoms with Crippen molar-refractivity contribution in [2.75, 3.05) is 0 Å². The van der Waals surface area contributed by atoms with Gasteiger partial charge >= 0.3 is 193 Å². The van der Waals surface area contributed by atoms with Crippen molar-refractivity contribution in [2.24, 2.45) is 0 Å². The first-order chi connectivity index (χ1) is 14.2. The second-order valence-corrected chi connectivity index (χ2v) is 35.7. The van der Waals surface area contributed by atoms with Crippen LogP contribution in [0.3, 0.4) is 0 Å². The SMILES string of the molecule is Clc1ccc([S][Pb]([S]c2ccc(Cl)cc2)([c]2ccccc2)[c]2ccccc2)cc1. The Labute approximate surface area is 191 Å². The predicted molar refractivity (Wildman–Crippen MR) is 133 cm³/mol. The summed E-state index contributed by atoms with van der Waals surface area (Å²) < 4.78 is 2.90. The van der Waals surface area contributed by atoms with E-state index in [0.29, 0.717) is 0 Å². The molecule has 0 saturated heterocycles. The molecule has 0 atom stereocenters. The Morgan fingerprint density at radius 2 is 0.793 bits per heavy atom. The predicted octanol–water partition coefficient (Wildman–Crippen LogP) is 7.13. The van der Waals surface area contributed by atoms with Crippen molar-refractivity contribution < 1.29 is 0 Å². The monoisotopic (exact) mass is 648 g/mol. The molecule has 0 unspecified atom stereocenters. The summed E-state index contributed by atoms with van der Waals surface area (Å²) in [4.78, 5) is 2.51. The molecule has 5 heteroatoms. The summed E-state index contributed by atoms with van der Waals surface area (Å²) in [7, 11) is 4.09. The van der Waals surface area contributed by atoms with Crippen LogP contribution in [0, 0.1) is 0 Å². The summed E-state index contributed by atoms with van der Waals surface area (Å²) in [6, 6.07) is 38.4. The summed E-state index contributed by atoms with van der Waals surface area (Å²) in [5, 5.41) is 1.53. The molecule has 0 fully saturated rings. The van der Waals surface area contributed by atoms with Gasteiger partial charge in [-0.2, -0.15) is 0 Å². The quantitative estimate of drug-likeness (QED) is 0.204. The first-order valence-electron chi connectivity index (χ1n) is 9.16. The van der Waals surface area contributed by atoms with Crippen LogP contribution in [-0.4, -0.2) is 18.2 Å². The fourth-order valence-corrected chi connectivity index (χ4v) is 39.1. The van der Waals surface area contributed by atoms with Crippen molar-refractivity contribution in [3.8, 4) is 0 Å². The molecule has 4 aromatic carbocycles. The van der Waals surface area contributed by atoms with Gasteiger partial charge in [-0.05, 0) is 0 Å². The number of hydrogen-bond acceptors (Lipinski definition) is 2. The first-order valence-corrected chi connectivity index (χ1v) is 25.0. The van der Waals surface area contributed by atoms with Gasteiger partial charge in [0.05, 0.1) is 0 Å². The van der Waals surface area contributed by atoms with Crippen LogP contribution in [-0.2, 0) is 0 Å². The Kier molecular flexibility index (Phi) is 7.30. The van der Waals surface area contributed by atoms with Crippen molar-refractivity contribution in [3.05, 3.63) is 119 Å². The molecule has 0 bridgehead atoms. The van der Waals surface area contributed by atoms with Gasteiger partial charge in [0.1, 0.15) is 0 Å².